The highest BCUT2D eigenvalue weighted by Crippen LogP contribution is 2.25. The molecule has 19 heavy (non-hydrogen) atoms. The third kappa shape index (κ3) is 2.55. The van der Waals surface area contributed by atoms with E-state index in [9.17, 15) is 0 Å². The Morgan fingerprint density at radius 2 is 2.26 bits per heavy atom. The lowest BCUT2D eigenvalue weighted by molar-refractivity contribution is 0.0420. The van der Waals surface area contributed by atoms with E-state index in [-0.39, 0.29) is 6.10 Å². The predicted molar refractivity (Wildman–Crippen MR) is 77.6 cm³/mol. The van der Waals surface area contributed by atoms with E-state index >= 15 is 0 Å². The van der Waals surface area contributed by atoms with E-state index in [1.165, 1.54) is 10.8 Å². The SMILES string of the molecule is CNCC1CN(c2nccc3ccccc23)CCO1. The number of nitrogens with one attached hydrogen (secondary N) is 1. The Hall–Kier alpha value is -1.65. The summed E-state index contributed by atoms with van der Waals surface area (Å²) in [4.78, 5) is 6.90. The first kappa shape index (κ1) is 12.4. The van der Waals surface area contributed by atoms with E-state index in [0.29, 0.717) is 0 Å². The second-order valence-corrected chi connectivity index (χ2v) is 4.85. The second kappa shape index (κ2) is 5.55. The first-order valence-electron chi connectivity index (χ1n) is 6.73. The van der Waals surface area contributed by atoms with Gasteiger partial charge < -0.3 is 15.0 Å². The summed E-state index contributed by atoms with van der Waals surface area (Å²) in [5, 5.41) is 5.63. The molecule has 1 unspecified atom stereocenters. The molecule has 0 amide bonds. The molecule has 0 radical (unpaired) electrons. The number of benzene rings is 1. The van der Waals surface area contributed by atoms with E-state index in [0.717, 1.165) is 32.1 Å². The Kier molecular flexibility index (Phi) is 3.62. The van der Waals surface area contributed by atoms with Gasteiger partial charge in [-0.25, -0.2) is 4.98 Å². The van der Waals surface area contributed by atoms with Gasteiger partial charge in [-0.05, 0) is 18.5 Å². The van der Waals surface area contributed by atoms with Crippen molar-refractivity contribution >= 4 is 16.6 Å². The number of hydrogen-bond donors (Lipinski definition) is 1. The van der Waals surface area contributed by atoms with Gasteiger partial charge in [-0.15, -0.1) is 0 Å². The molecule has 0 spiro atoms. The molecule has 4 nitrogen and oxygen atoms in total. The molecule has 0 bridgehead atoms. The second-order valence-electron chi connectivity index (χ2n) is 4.85. The number of nitrogens with zero attached hydrogens (tertiary/aromatic N) is 2. The van der Waals surface area contributed by atoms with Gasteiger partial charge in [0.05, 0.1) is 12.7 Å². The average Bonchev–Trinajstić information content (AvgIpc) is 2.47. The molecule has 1 saturated heterocycles. The Balaban J connectivity index is 1.91. The summed E-state index contributed by atoms with van der Waals surface area (Å²) in [5.74, 6) is 1.07. The lowest BCUT2D eigenvalue weighted by atomic mass is 10.1. The molecule has 0 aliphatic carbocycles. The van der Waals surface area contributed by atoms with Crippen LogP contribution in [-0.4, -0.2) is 44.4 Å². The number of aromatic nitrogens is 1. The minimum absolute atomic E-state index is 0.236. The number of likely N-dealkylation sites (N-methyl/N-ethyl adjacent to an activating group) is 1. The minimum atomic E-state index is 0.236. The first-order chi connectivity index (χ1) is 9.38. The molecule has 2 heterocycles. The molecule has 100 valence electrons. The first-order valence-corrected chi connectivity index (χ1v) is 6.73. The number of morpholine rings is 1. The van der Waals surface area contributed by atoms with Crippen LogP contribution in [0, 0.1) is 0 Å². The summed E-state index contributed by atoms with van der Waals surface area (Å²) < 4.78 is 5.75. The van der Waals surface area contributed by atoms with Gasteiger partial charge in [0.1, 0.15) is 5.82 Å². The van der Waals surface area contributed by atoms with Crippen molar-refractivity contribution in [1.82, 2.24) is 10.3 Å². The van der Waals surface area contributed by atoms with Crippen molar-refractivity contribution in [3.8, 4) is 0 Å². The molecule has 0 saturated carbocycles. The number of hydrogen-bond acceptors (Lipinski definition) is 4. The Morgan fingerprint density at radius 3 is 3.16 bits per heavy atom. The molecule has 4 heteroatoms. The van der Waals surface area contributed by atoms with Crippen LogP contribution in [0.1, 0.15) is 0 Å². The van der Waals surface area contributed by atoms with Crippen LogP contribution in [0.3, 0.4) is 0 Å². The van der Waals surface area contributed by atoms with Crippen molar-refractivity contribution in [3.05, 3.63) is 36.5 Å². The third-order valence-electron chi connectivity index (χ3n) is 3.52. The molecule has 3 rings (SSSR count). The van der Waals surface area contributed by atoms with Gasteiger partial charge >= 0.3 is 0 Å². The van der Waals surface area contributed by atoms with Gasteiger partial charge in [-0.1, -0.05) is 24.3 Å². The lowest BCUT2D eigenvalue weighted by Gasteiger charge is -2.34. The summed E-state index contributed by atoms with van der Waals surface area (Å²) in [6.07, 6.45) is 2.12. The highest BCUT2D eigenvalue weighted by molar-refractivity contribution is 5.92. The smallest absolute Gasteiger partial charge is 0.136 e. The van der Waals surface area contributed by atoms with E-state index < -0.39 is 0 Å². The van der Waals surface area contributed by atoms with Crippen molar-refractivity contribution in [2.24, 2.45) is 0 Å². The number of anilines is 1. The zero-order chi connectivity index (χ0) is 13.1. The van der Waals surface area contributed by atoms with Gasteiger partial charge in [-0.3, -0.25) is 0 Å². The van der Waals surface area contributed by atoms with Gasteiger partial charge in [-0.2, -0.15) is 0 Å². The van der Waals surface area contributed by atoms with Crippen LogP contribution in [0.2, 0.25) is 0 Å². The minimum Gasteiger partial charge on any atom is -0.373 e. The van der Waals surface area contributed by atoms with E-state index in [1.807, 2.05) is 13.2 Å². The monoisotopic (exact) mass is 257 g/mol. The summed E-state index contributed by atoms with van der Waals surface area (Å²) in [6.45, 7) is 3.43. The van der Waals surface area contributed by atoms with Gasteiger partial charge in [0.15, 0.2) is 0 Å². The van der Waals surface area contributed by atoms with Crippen molar-refractivity contribution < 1.29 is 4.74 Å². The third-order valence-corrected chi connectivity index (χ3v) is 3.52. The fraction of sp³-hybridized carbons (Fsp3) is 0.400. The molecule has 1 fully saturated rings. The summed E-state index contributed by atoms with van der Waals surface area (Å²) in [5.41, 5.74) is 0. The highest BCUT2D eigenvalue weighted by atomic mass is 16.5. The molecule has 1 aromatic heterocycles. The summed E-state index contributed by atoms with van der Waals surface area (Å²) >= 11 is 0. The maximum Gasteiger partial charge on any atom is 0.136 e. The maximum absolute atomic E-state index is 5.75. The van der Waals surface area contributed by atoms with Crippen LogP contribution in [-0.2, 0) is 4.74 Å². The van der Waals surface area contributed by atoms with Crippen LogP contribution in [0.25, 0.3) is 10.8 Å². The number of rotatable bonds is 3. The zero-order valence-corrected chi connectivity index (χ0v) is 11.2. The van der Waals surface area contributed by atoms with Crippen molar-refractivity contribution in [1.29, 1.82) is 0 Å². The van der Waals surface area contributed by atoms with Crippen LogP contribution < -0.4 is 10.2 Å². The fourth-order valence-electron chi connectivity index (χ4n) is 2.62. The summed E-state index contributed by atoms with van der Waals surface area (Å²) in [7, 11) is 1.96. The van der Waals surface area contributed by atoms with Crippen LogP contribution >= 0.6 is 0 Å². The molecule has 1 atom stereocenters. The van der Waals surface area contributed by atoms with E-state index in [2.05, 4.69) is 45.5 Å². The highest BCUT2D eigenvalue weighted by Gasteiger charge is 2.21. The van der Waals surface area contributed by atoms with Gasteiger partial charge in [0, 0.05) is 31.2 Å². The van der Waals surface area contributed by atoms with Crippen molar-refractivity contribution in [2.45, 2.75) is 6.10 Å². The molecular formula is C15H19N3O. The average molecular weight is 257 g/mol. The molecule has 1 aliphatic heterocycles. The largest absolute Gasteiger partial charge is 0.373 e. The topological polar surface area (TPSA) is 37.4 Å². The van der Waals surface area contributed by atoms with Gasteiger partial charge in [0.2, 0.25) is 0 Å². The molecule has 2 aromatic rings. The number of pyridine rings is 1. The lowest BCUT2D eigenvalue weighted by Crippen LogP contribution is -2.46. The summed E-state index contributed by atoms with van der Waals surface area (Å²) in [6, 6.07) is 10.5. The Morgan fingerprint density at radius 1 is 1.37 bits per heavy atom. The van der Waals surface area contributed by atoms with Gasteiger partial charge in [0.25, 0.3) is 0 Å². The molecule has 1 aliphatic rings. The van der Waals surface area contributed by atoms with Crippen LogP contribution in [0.4, 0.5) is 5.82 Å². The van der Waals surface area contributed by atoms with Crippen molar-refractivity contribution in [3.63, 3.8) is 0 Å². The molecule has 1 aromatic carbocycles. The molecular weight excluding hydrogens is 238 g/mol. The van der Waals surface area contributed by atoms with Crippen molar-refractivity contribution in [2.75, 3.05) is 38.2 Å². The van der Waals surface area contributed by atoms with E-state index in [4.69, 9.17) is 4.74 Å². The zero-order valence-electron chi connectivity index (χ0n) is 11.2. The predicted octanol–water partition coefficient (Wildman–Crippen LogP) is 1.66. The fourth-order valence-corrected chi connectivity index (χ4v) is 2.62. The normalized spacial score (nSPS) is 19.8. The quantitative estimate of drug-likeness (QED) is 0.907. The standard InChI is InChI=1S/C15H19N3O/c1-16-10-13-11-18(8-9-19-13)15-14-5-3-2-4-12(14)6-7-17-15/h2-7,13,16H,8-11H2,1H3. The Labute approximate surface area is 113 Å². The van der Waals surface area contributed by atoms with E-state index in [1.54, 1.807) is 0 Å². The van der Waals surface area contributed by atoms with Crippen LogP contribution in [0.5, 0.6) is 0 Å². The maximum atomic E-state index is 5.75. The molecule has 1 N–H and O–H groups in total. The number of fused-ring (bicyclic) bond motifs is 1. The number of ether oxygens (including phenoxy) is 1. The van der Waals surface area contributed by atoms with Crippen LogP contribution in [0.15, 0.2) is 36.5 Å². The Bertz CT molecular complexity index is 551.